The number of thiophene rings is 1. The molecule has 4 aromatic rings. The van der Waals surface area contributed by atoms with Crippen LogP contribution >= 0.6 is 23.1 Å². The number of benzene rings is 1. The predicted octanol–water partition coefficient (Wildman–Crippen LogP) is 5.20. The Balaban J connectivity index is 1.53. The Kier molecular flexibility index (Phi) is 4.32. The van der Waals surface area contributed by atoms with Crippen LogP contribution in [0.15, 0.2) is 58.3 Å². The van der Waals surface area contributed by atoms with Crippen LogP contribution in [-0.2, 0) is 12.2 Å². The van der Waals surface area contributed by atoms with Gasteiger partial charge in [0.2, 0.25) is 0 Å². The second-order valence-corrected chi connectivity index (χ2v) is 7.38. The molecule has 0 spiro atoms. The van der Waals surface area contributed by atoms with Crippen LogP contribution in [0.2, 0.25) is 0 Å². The van der Waals surface area contributed by atoms with Gasteiger partial charge in [0.05, 0.1) is 5.69 Å². The molecule has 0 aliphatic heterocycles. The molecule has 0 N–H and O–H groups in total. The van der Waals surface area contributed by atoms with Crippen LogP contribution in [0.25, 0.3) is 21.5 Å². The van der Waals surface area contributed by atoms with Crippen molar-refractivity contribution in [1.82, 2.24) is 15.1 Å². The van der Waals surface area contributed by atoms with Crippen LogP contribution in [0.3, 0.4) is 0 Å². The zero-order valence-electron chi connectivity index (χ0n) is 13.1. The Morgan fingerprint density at radius 1 is 1.12 bits per heavy atom. The molecule has 120 valence electrons. The Morgan fingerprint density at radius 3 is 2.83 bits per heavy atom. The van der Waals surface area contributed by atoms with Crippen LogP contribution < -0.4 is 0 Å². The first-order valence-corrected chi connectivity index (χ1v) is 9.51. The third-order valence-electron chi connectivity index (χ3n) is 3.67. The molecule has 6 heteroatoms. The van der Waals surface area contributed by atoms with Gasteiger partial charge in [-0.15, -0.1) is 11.3 Å². The van der Waals surface area contributed by atoms with Gasteiger partial charge in [-0.3, -0.25) is 0 Å². The van der Waals surface area contributed by atoms with E-state index in [1.807, 2.05) is 36.4 Å². The lowest BCUT2D eigenvalue weighted by molar-refractivity contribution is 0.426. The van der Waals surface area contributed by atoms with Crippen molar-refractivity contribution >= 4 is 33.3 Å². The lowest BCUT2D eigenvalue weighted by Crippen LogP contribution is -1.85. The van der Waals surface area contributed by atoms with Crippen molar-refractivity contribution in [2.24, 2.45) is 0 Å². The van der Waals surface area contributed by atoms with Gasteiger partial charge in [0.25, 0.3) is 0 Å². The third-order valence-corrected chi connectivity index (χ3v) is 5.89. The molecule has 3 heterocycles. The maximum atomic E-state index is 5.45. The Labute approximate surface area is 147 Å². The van der Waals surface area contributed by atoms with Gasteiger partial charge < -0.3 is 4.52 Å². The van der Waals surface area contributed by atoms with E-state index >= 15 is 0 Å². The molecule has 4 nitrogen and oxygen atoms in total. The van der Waals surface area contributed by atoms with Crippen molar-refractivity contribution in [3.8, 4) is 11.3 Å². The summed E-state index contributed by atoms with van der Waals surface area (Å²) in [6.45, 7) is 2.16. The standard InChI is InChI=1S/C18H15N3OS2/c1-2-14-9-15-17(19-11-20-18(15)24-14)23-10-13-8-16(22-21-13)12-6-4-3-5-7-12/h3-9,11H,2,10H2,1H3. The van der Waals surface area contributed by atoms with Crippen LogP contribution in [0.1, 0.15) is 17.5 Å². The van der Waals surface area contributed by atoms with Gasteiger partial charge in [-0.1, -0.05) is 54.2 Å². The van der Waals surface area contributed by atoms with Crippen molar-refractivity contribution in [2.75, 3.05) is 0 Å². The summed E-state index contributed by atoms with van der Waals surface area (Å²) in [5, 5.41) is 6.31. The van der Waals surface area contributed by atoms with Crippen LogP contribution in [0.5, 0.6) is 0 Å². The minimum atomic E-state index is 0.722. The van der Waals surface area contributed by atoms with Gasteiger partial charge in [0.1, 0.15) is 16.2 Å². The molecule has 3 aromatic heterocycles. The molecule has 0 amide bonds. The van der Waals surface area contributed by atoms with E-state index in [1.54, 1.807) is 29.4 Å². The fourth-order valence-corrected chi connectivity index (χ4v) is 4.29. The van der Waals surface area contributed by atoms with Gasteiger partial charge in [0.15, 0.2) is 5.76 Å². The summed E-state index contributed by atoms with van der Waals surface area (Å²) in [7, 11) is 0. The smallest absolute Gasteiger partial charge is 0.167 e. The summed E-state index contributed by atoms with van der Waals surface area (Å²) in [6.07, 6.45) is 2.66. The van der Waals surface area contributed by atoms with Crippen molar-refractivity contribution in [2.45, 2.75) is 24.1 Å². The van der Waals surface area contributed by atoms with Crippen molar-refractivity contribution in [3.63, 3.8) is 0 Å². The molecule has 24 heavy (non-hydrogen) atoms. The molecule has 0 atom stereocenters. The number of hydrogen-bond donors (Lipinski definition) is 0. The maximum absolute atomic E-state index is 5.45. The number of nitrogens with zero attached hydrogens (tertiary/aromatic N) is 3. The zero-order chi connectivity index (χ0) is 16.4. The average Bonchev–Trinajstić information content (AvgIpc) is 3.27. The summed E-state index contributed by atoms with van der Waals surface area (Å²) >= 11 is 3.40. The number of fused-ring (bicyclic) bond motifs is 1. The van der Waals surface area contributed by atoms with Crippen molar-refractivity contribution in [1.29, 1.82) is 0 Å². The molecule has 0 aliphatic carbocycles. The Hall–Kier alpha value is -2.18. The Bertz CT molecular complexity index is 963. The highest BCUT2D eigenvalue weighted by molar-refractivity contribution is 7.98. The summed E-state index contributed by atoms with van der Waals surface area (Å²) in [5.74, 6) is 1.52. The highest BCUT2D eigenvalue weighted by atomic mass is 32.2. The van der Waals surface area contributed by atoms with Crippen molar-refractivity contribution < 1.29 is 4.52 Å². The minimum absolute atomic E-state index is 0.722. The highest BCUT2D eigenvalue weighted by Gasteiger charge is 2.11. The summed E-state index contributed by atoms with van der Waals surface area (Å²) < 4.78 is 5.45. The van der Waals surface area contributed by atoms with E-state index in [0.717, 1.165) is 44.4 Å². The second kappa shape index (κ2) is 6.75. The first-order valence-electron chi connectivity index (χ1n) is 7.70. The number of aromatic nitrogens is 3. The van der Waals surface area contributed by atoms with Gasteiger partial charge in [-0.2, -0.15) is 0 Å². The van der Waals surface area contributed by atoms with Gasteiger partial charge in [0, 0.05) is 27.6 Å². The molecule has 0 radical (unpaired) electrons. The number of aryl methyl sites for hydroxylation is 1. The average molecular weight is 353 g/mol. The Morgan fingerprint density at radius 2 is 2.00 bits per heavy atom. The topological polar surface area (TPSA) is 51.8 Å². The van der Waals surface area contributed by atoms with Crippen LogP contribution in [0.4, 0.5) is 0 Å². The lowest BCUT2D eigenvalue weighted by Gasteiger charge is -1.99. The van der Waals surface area contributed by atoms with Crippen molar-refractivity contribution in [3.05, 3.63) is 59.4 Å². The fraction of sp³-hybridized carbons (Fsp3) is 0.167. The minimum Gasteiger partial charge on any atom is -0.356 e. The lowest BCUT2D eigenvalue weighted by atomic mass is 10.2. The van der Waals surface area contributed by atoms with Gasteiger partial charge in [-0.05, 0) is 12.5 Å². The number of rotatable bonds is 5. The van der Waals surface area contributed by atoms with E-state index in [-0.39, 0.29) is 0 Å². The molecule has 0 bridgehead atoms. The van der Waals surface area contributed by atoms with E-state index in [0.29, 0.717) is 0 Å². The molecule has 1 aromatic carbocycles. The molecule has 0 saturated heterocycles. The first kappa shape index (κ1) is 15.4. The van der Waals surface area contributed by atoms with E-state index in [4.69, 9.17) is 4.52 Å². The quantitative estimate of drug-likeness (QED) is 0.364. The predicted molar refractivity (Wildman–Crippen MR) is 98.3 cm³/mol. The number of thioether (sulfide) groups is 1. The van der Waals surface area contributed by atoms with Gasteiger partial charge >= 0.3 is 0 Å². The molecule has 0 aliphatic rings. The zero-order valence-corrected chi connectivity index (χ0v) is 14.7. The molecular formula is C18H15N3OS2. The summed E-state index contributed by atoms with van der Waals surface area (Å²) in [6, 6.07) is 14.2. The molecule has 0 unspecified atom stereocenters. The monoisotopic (exact) mass is 353 g/mol. The largest absolute Gasteiger partial charge is 0.356 e. The maximum Gasteiger partial charge on any atom is 0.167 e. The third kappa shape index (κ3) is 3.07. The van der Waals surface area contributed by atoms with Gasteiger partial charge in [-0.25, -0.2) is 9.97 Å². The fourth-order valence-electron chi connectivity index (χ4n) is 2.43. The summed E-state index contributed by atoms with van der Waals surface area (Å²) in [4.78, 5) is 11.2. The highest BCUT2D eigenvalue weighted by Crippen LogP contribution is 2.32. The normalized spacial score (nSPS) is 11.2. The van der Waals surface area contributed by atoms with E-state index in [9.17, 15) is 0 Å². The molecule has 0 saturated carbocycles. The summed E-state index contributed by atoms with van der Waals surface area (Å²) in [5.41, 5.74) is 1.95. The first-order chi connectivity index (χ1) is 11.8. The van der Waals surface area contributed by atoms with Crippen LogP contribution in [-0.4, -0.2) is 15.1 Å². The van der Waals surface area contributed by atoms with E-state index < -0.39 is 0 Å². The molecule has 4 rings (SSSR count). The number of hydrogen-bond acceptors (Lipinski definition) is 6. The van der Waals surface area contributed by atoms with Crippen LogP contribution in [0, 0.1) is 0 Å². The molecule has 0 fully saturated rings. The molecular weight excluding hydrogens is 338 g/mol. The van der Waals surface area contributed by atoms with E-state index in [2.05, 4.69) is 28.1 Å². The SMILES string of the molecule is CCc1cc2c(SCc3cc(-c4ccccc4)on3)ncnc2s1. The second-order valence-electron chi connectivity index (χ2n) is 5.30. The van der Waals surface area contributed by atoms with E-state index in [1.165, 1.54) is 4.88 Å².